The lowest BCUT2D eigenvalue weighted by Crippen LogP contribution is -2.37. The minimum absolute atomic E-state index is 0.908. The van der Waals surface area contributed by atoms with Gasteiger partial charge in [0.05, 0.1) is 5.52 Å². The zero-order chi connectivity index (χ0) is 27.9. The van der Waals surface area contributed by atoms with E-state index in [0.717, 1.165) is 18.7 Å². The van der Waals surface area contributed by atoms with Gasteiger partial charge in [-0.3, -0.25) is 0 Å². The van der Waals surface area contributed by atoms with Crippen molar-refractivity contribution < 1.29 is 0 Å². The van der Waals surface area contributed by atoms with Crippen molar-refractivity contribution in [3.8, 4) is 16.8 Å². The Morgan fingerprint density at radius 2 is 1.40 bits per heavy atom. The second-order valence-corrected chi connectivity index (χ2v) is 12.7. The summed E-state index contributed by atoms with van der Waals surface area (Å²) in [5.41, 5.74) is 14.0. The highest BCUT2D eigenvalue weighted by atomic mass is 32.1. The second-order valence-electron chi connectivity index (χ2n) is 11.6. The zero-order valence-electron chi connectivity index (χ0n) is 23.5. The fraction of sp³-hybridized carbons (Fsp3) is 0.0526. The molecule has 2 nitrogen and oxygen atoms in total. The van der Waals surface area contributed by atoms with E-state index in [-0.39, 0.29) is 0 Å². The largest absolute Gasteiger partial charge is 0.355 e. The molecule has 198 valence electrons. The number of aromatic nitrogens is 1. The second kappa shape index (κ2) is 8.85. The summed E-state index contributed by atoms with van der Waals surface area (Å²) in [6.07, 6.45) is 0. The first-order valence-corrected chi connectivity index (χ1v) is 15.4. The van der Waals surface area contributed by atoms with Crippen molar-refractivity contribution in [1.82, 2.24) is 4.57 Å². The van der Waals surface area contributed by atoms with Crippen molar-refractivity contribution in [2.45, 2.75) is 13.8 Å². The smallest absolute Gasteiger partial charge is 0.198 e. The lowest BCUT2D eigenvalue weighted by molar-refractivity contribution is 1.18. The topological polar surface area (TPSA) is 17.0 Å². The number of benzene rings is 6. The maximum absolute atomic E-state index is 3.87. The molecule has 8 aromatic rings. The Hall–Kier alpha value is -4.80. The lowest BCUT2D eigenvalue weighted by Gasteiger charge is -2.25. The quantitative estimate of drug-likeness (QED) is 0.216. The molecule has 6 aromatic carbocycles. The highest BCUT2D eigenvalue weighted by Crippen LogP contribution is 2.42. The van der Waals surface area contributed by atoms with E-state index in [0.29, 0.717) is 0 Å². The molecule has 0 saturated carbocycles. The van der Waals surface area contributed by atoms with Gasteiger partial charge < -0.3 is 9.88 Å². The number of fused-ring (bicyclic) bond motifs is 8. The normalized spacial score (nSPS) is 12.2. The van der Waals surface area contributed by atoms with Gasteiger partial charge in [0.1, 0.15) is 0 Å². The van der Waals surface area contributed by atoms with Crippen molar-refractivity contribution in [3.05, 3.63) is 126 Å². The van der Waals surface area contributed by atoms with Gasteiger partial charge in [0.25, 0.3) is 0 Å². The van der Waals surface area contributed by atoms with Crippen LogP contribution in [-0.2, 0) is 0 Å². The van der Waals surface area contributed by atoms with Gasteiger partial charge in [0.15, 0.2) is 7.28 Å². The Kier molecular flexibility index (Phi) is 5.03. The van der Waals surface area contributed by atoms with Crippen molar-refractivity contribution in [1.29, 1.82) is 0 Å². The summed E-state index contributed by atoms with van der Waals surface area (Å²) in [5, 5.41) is 9.17. The number of nitrogens with zero attached hydrogens (tertiary/aromatic N) is 1. The van der Waals surface area contributed by atoms with Crippen LogP contribution in [0, 0.1) is 13.8 Å². The summed E-state index contributed by atoms with van der Waals surface area (Å²) in [6.45, 7) is 4.41. The van der Waals surface area contributed by atoms with Crippen LogP contribution in [0.4, 0.5) is 11.4 Å². The summed E-state index contributed by atoms with van der Waals surface area (Å²) in [7, 11) is 0.908. The van der Waals surface area contributed by atoms with Gasteiger partial charge in [0, 0.05) is 59.1 Å². The van der Waals surface area contributed by atoms with Crippen LogP contribution in [0.25, 0.3) is 58.8 Å². The molecule has 0 amide bonds. The fourth-order valence-corrected chi connectivity index (χ4v) is 8.18. The van der Waals surface area contributed by atoms with Crippen molar-refractivity contribution in [2.24, 2.45) is 0 Å². The first kappa shape index (κ1) is 23.9. The summed E-state index contributed by atoms with van der Waals surface area (Å²) < 4.78 is 5.15. The van der Waals surface area contributed by atoms with Gasteiger partial charge in [-0.1, -0.05) is 84.3 Å². The maximum Gasteiger partial charge on any atom is 0.198 e. The van der Waals surface area contributed by atoms with Gasteiger partial charge in [-0.15, -0.1) is 11.3 Å². The monoisotopic (exact) mass is 554 g/mol. The zero-order valence-corrected chi connectivity index (χ0v) is 24.3. The number of thiophene rings is 1. The number of hydrogen-bond acceptors (Lipinski definition) is 2. The number of aryl methyl sites for hydroxylation is 2. The van der Waals surface area contributed by atoms with E-state index in [9.17, 15) is 0 Å². The molecule has 9 rings (SSSR count). The molecule has 1 aliphatic rings. The van der Waals surface area contributed by atoms with Crippen molar-refractivity contribution in [3.63, 3.8) is 0 Å². The van der Waals surface area contributed by atoms with Gasteiger partial charge in [-0.25, -0.2) is 0 Å². The molecular formula is C38H27BN2S. The molecule has 0 bridgehead atoms. The molecule has 1 N–H and O–H groups in total. The summed E-state index contributed by atoms with van der Waals surface area (Å²) in [5.74, 6) is 0. The highest BCUT2D eigenvalue weighted by molar-refractivity contribution is 7.25. The standard InChI is InChI=1S/C38H27BN2S/c1-22-18-29(37-34(19-22)41-33-16-7-4-11-24(33)26-13-9-14-30(39-37)38(26)41)27-20-28-25-12-5-8-17-35(25)42-36(28)21-32(27)40-31-15-6-3-10-23(31)2/h3-21,39-40H,1-2H3. The Labute approximate surface area is 249 Å². The van der Waals surface area contributed by atoms with Gasteiger partial charge >= 0.3 is 0 Å². The molecule has 0 fully saturated rings. The molecule has 0 atom stereocenters. The molecule has 0 radical (unpaired) electrons. The third-order valence-electron chi connectivity index (χ3n) is 8.98. The van der Waals surface area contributed by atoms with Gasteiger partial charge in [-0.05, 0) is 72.4 Å². The fourth-order valence-electron chi connectivity index (χ4n) is 7.05. The summed E-state index contributed by atoms with van der Waals surface area (Å²) in [6, 6.07) is 42.6. The number of para-hydroxylation sites is 3. The minimum atomic E-state index is 0.908. The predicted molar refractivity (Wildman–Crippen MR) is 185 cm³/mol. The maximum atomic E-state index is 3.87. The molecule has 4 heteroatoms. The van der Waals surface area contributed by atoms with E-state index in [2.05, 4.69) is 139 Å². The number of hydrogen-bond donors (Lipinski definition) is 1. The van der Waals surface area contributed by atoms with E-state index in [1.54, 1.807) is 0 Å². The molecule has 3 heterocycles. The Balaban J connectivity index is 1.37. The average Bonchev–Trinajstić information content (AvgIpc) is 3.55. The first-order chi connectivity index (χ1) is 20.6. The first-order valence-electron chi connectivity index (χ1n) is 14.6. The number of nitrogens with one attached hydrogen (secondary N) is 1. The number of anilines is 2. The van der Waals surface area contributed by atoms with Crippen LogP contribution in [0.2, 0.25) is 0 Å². The van der Waals surface area contributed by atoms with E-state index >= 15 is 0 Å². The third-order valence-corrected chi connectivity index (χ3v) is 10.1. The lowest BCUT2D eigenvalue weighted by atomic mass is 9.59. The molecule has 0 saturated heterocycles. The van der Waals surface area contributed by atoms with E-state index in [4.69, 9.17) is 0 Å². The molecule has 1 aliphatic heterocycles. The highest BCUT2D eigenvalue weighted by Gasteiger charge is 2.26. The van der Waals surface area contributed by atoms with Crippen LogP contribution in [0.3, 0.4) is 0 Å². The van der Waals surface area contributed by atoms with Crippen molar-refractivity contribution >= 4 is 82.9 Å². The van der Waals surface area contributed by atoms with Crippen LogP contribution >= 0.6 is 11.3 Å². The SMILES string of the molecule is Cc1cc(-c2cc3c(cc2Nc2ccccc2C)sc2ccccc23)c2c(c1)-n1c3ccccc3c3cccc(c31)B2. The molecule has 0 unspecified atom stereocenters. The minimum Gasteiger partial charge on any atom is -0.355 e. The van der Waals surface area contributed by atoms with E-state index < -0.39 is 0 Å². The Morgan fingerprint density at radius 1 is 0.619 bits per heavy atom. The molecule has 0 aliphatic carbocycles. The molecular weight excluding hydrogens is 527 g/mol. The Bertz CT molecular complexity index is 2390. The average molecular weight is 555 g/mol. The van der Waals surface area contributed by atoms with Crippen LogP contribution in [0.1, 0.15) is 11.1 Å². The Morgan fingerprint density at radius 3 is 2.31 bits per heavy atom. The van der Waals surface area contributed by atoms with Crippen LogP contribution in [0.15, 0.2) is 115 Å². The third kappa shape index (κ3) is 3.39. The molecule has 42 heavy (non-hydrogen) atoms. The summed E-state index contributed by atoms with van der Waals surface area (Å²) >= 11 is 1.87. The van der Waals surface area contributed by atoms with Gasteiger partial charge in [-0.2, -0.15) is 0 Å². The van der Waals surface area contributed by atoms with Crippen molar-refractivity contribution in [2.75, 3.05) is 5.32 Å². The number of rotatable bonds is 3. The predicted octanol–water partition coefficient (Wildman–Crippen LogP) is 8.88. The van der Waals surface area contributed by atoms with E-state index in [1.165, 1.54) is 80.8 Å². The van der Waals surface area contributed by atoms with Crippen LogP contribution < -0.4 is 16.2 Å². The molecule has 0 spiro atoms. The van der Waals surface area contributed by atoms with Crippen LogP contribution in [0.5, 0.6) is 0 Å². The van der Waals surface area contributed by atoms with Crippen LogP contribution in [-0.4, -0.2) is 11.8 Å². The van der Waals surface area contributed by atoms with Gasteiger partial charge in [0.2, 0.25) is 0 Å². The van der Waals surface area contributed by atoms with E-state index in [1.807, 2.05) is 11.3 Å². The molecule has 2 aromatic heterocycles. The summed E-state index contributed by atoms with van der Waals surface area (Å²) in [4.78, 5) is 0.